The number of hydrogen-bond acceptors (Lipinski definition) is 5. The number of methoxy groups -OCH3 is 1. The maximum atomic E-state index is 13.0. The van der Waals surface area contributed by atoms with Gasteiger partial charge in [-0.05, 0) is 62.4 Å². The predicted molar refractivity (Wildman–Crippen MR) is 119 cm³/mol. The Morgan fingerprint density at radius 3 is 2.68 bits per heavy atom. The molecule has 7 heteroatoms. The molecule has 1 saturated carbocycles. The van der Waals surface area contributed by atoms with E-state index in [1.54, 1.807) is 7.11 Å². The van der Waals surface area contributed by atoms with Crippen LogP contribution in [0.1, 0.15) is 44.9 Å². The molecule has 4 aliphatic rings. The van der Waals surface area contributed by atoms with Crippen molar-refractivity contribution in [3.63, 3.8) is 0 Å². The second-order valence-electron chi connectivity index (χ2n) is 9.44. The summed E-state index contributed by atoms with van der Waals surface area (Å²) in [6.45, 7) is 2.80. The minimum absolute atomic E-state index is 0.150. The number of rotatable bonds is 6. The number of amides is 1. The van der Waals surface area contributed by atoms with Crippen LogP contribution in [-0.4, -0.2) is 58.1 Å². The molecule has 6 rings (SSSR count). The van der Waals surface area contributed by atoms with Crippen molar-refractivity contribution in [1.29, 1.82) is 0 Å². The van der Waals surface area contributed by atoms with Gasteiger partial charge in [0.05, 0.1) is 25.8 Å². The molecule has 1 unspecified atom stereocenters. The number of nitrogens with one attached hydrogen (secondary N) is 1. The van der Waals surface area contributed by atoms with E-state index in [4.69, 9.17) is 4.74 Å². The Labute approximate surface area is 184 Å². The van der Waals surface area contributed by atoms with Crippen molar-refractivity contribution in [2.24, 2.45) is 11.8 Å². The van der Waals surface area contributed by atoms with E-state index in [2.05, 4.69) is 20.5 Å². The van der Waals surface area contributed by atoms with Crippen LogP contribution < -0.4 is 10.1 Å². The molecule has 1 aromatic carbocycles. The van der Waals surface area contributed by atoms with Crippen LogP contribution in [0.25, 0.3) is 11.3 Å². The number of carbonyl (C=O) groups excluding carboxylic acids is 1. The van der Waals surface area contributed by atoms with Gasteiger partial charge in [-0.1, -0.05) is 24.5 Å². The van der Waals surface area contributed by atoms with Crippen molar-refractivity contribution in [1.82, 2.24) is 25.2 Å². The van der Waals surface area contributed by atoms with Crippen LogP contribution in [0.2, 0.25) is 0 Å². The lowest BCUT2D eigenvalue weighted by molar-refractivity contribution is -0.134. The molecular formula is C24H33N5O2. The lowest BCUT2D eigenvalue weighted by atomic mass is 9.75. The molecule has 3 aliphatic heterocycles. The summed E-state index contributed by atoms with van der Waals surface area (Å²) in [6, 6.07) is 8.74. The summed E-state index contributed by atoms with van der Waals surface area (Å²) in [4.78, 5) is 15.5. The number of fused-ring (bicyclic) bond motifs is 3. The lowest BCUT2D eigenvalue weighted by Crippen LogP contribution is -2.58. The Bertz CT molecular complexity index is 890. The Balaban J connectivity index is 1.19. The molecule has 2 aromatic rings. The summed E-state index contributed by atoms with van der Waals surface area (Å²) in [7, 11) is 1.67. The summed E-state index contributed by atoms with van der Waals surface area (Å²) in [5.74, 6) is 1.77. The number of benzene rings is 1. The van der Waals surface area contributed by atoms with Crippen LogP contribution >= 0.6 is 0 Å². The first-order valence-electron chi connectivity index (χ1n) is 11.8. The van der Waals surface area contributed by atoms with E-state index in [9.17, 15) is 4.79 Å². The molecule has 4 fully saturated rings. The van der Waals surface area contributed by atoms with Gasteiger partial charge in [-0.15, -0.1) is 5.10 Å². The minimum atomic E-state index is 0.150. The second-order valence-corrected chi connectivity index (χ2v) is 9.44. The molecule has 1 N–H and O–H groups in total. The Kier molecular flexibility index (Phi) is 5.94. The van der Waals surface area contributed by atoms with Crippen molar-refractivity contribution >= 4 is 5.91 Å². The molecular weight excluding hydrogens is 390 g/mol. The highest BCUT2D eigenvalue weighted by atomic mass is 16.5. The molecule has 1 aliphatic carbocycles. The van der Waals surface area contributed by atoms with Crippen LogP contribution in [0.5, 0.6) is 5.75 Å². The van der Waals surface area contributed by atoms with Crippen LogP contribution in [0.15, 0.2) is 30.5 Å². The summed E-state index contributed by atoms with van der Waals surface area (Å²) >= 11 is 0. The monoisotopic (exact) mass is 423 g/mol. The van der Waals surface area contributed by atoms with E-state index in [0.717, 1.165) is 62.3 Å². The van der Waals surface area contributed by atoms with Crippen molar-refractivity contribution in [3.8, 4) is 17.0 Å². The third-order valence-electron chi connectivity index (χ3n) is 7.49. The van der Waals surface area contributed by atoms with Crippen molar-refractivity contribution in [3.05, 3.63) is 30.5 Å². The molecule has 166 valence electrons. The van der Waals surface area contributed by atoms with Crippen molar-refractivity contribution in [2.75, 3.05) is 20.2 Å². The molecule has 4 atom stereocenters. The smallest absolute Gasteiger partial charge is 0.224 e. The highest BCUT2D eigenvalue weighted by Crippen LogP contribution is 2.37. The first kappa shape index (κ1) is 20.5. The zero-order chi connectivity index (χ0) is 21.2. The first-order chi connectivity index (χ1) is 15.2. The second kappa shape index (κ2) is 8.99. The Hall–Kier alpha value is -2.41. The fourth-order valence-corrected chi connectivity index (χ4v) is 5.68. The number of hydrogen-bond donors (Lipinski definition) is 1. The third-order valence-corrected chi connectivity index (χ3v) is 7.49. The normalized spacial score (nSPS) is 28.4. The standard InChI is InChI=1S/C24H33N5O2/c1-31-21-9-7-17(8-10-21)23-16-29(27-26-23)14-20-13-18-11-12-28(20)15-22(18)24(30)25-19-5-3-2-4-6-19/h7-10,16,18-20,22H,2-6,11-15H2,1H3,(H,25,30)/t18-,20-,22+/m1/s1. The van der Waals surface area contributed by atoms with E-state index in [-0.39, 0.29) is 5.92 Å². The molecule has 2 bridgehead atoms. The molecule has 1 amide bonds. The number of carbonyl (C=O) groups is 1. The number of piperidine rings is 3. The highest BCUT2D eigenvalue weighted by Gasteiger charge is 2.43. The molecule has 7 nitrogen and oxygen atoms in total. The number of ether oxygens (including phenoxy) is 1. The Morgan fingerprint density at radius 2 is 1.97 bits per heavy atom. The molecule has 4 heterocycles. The Morgan fingerprint density at radius 1 is 1.16 bits per heavy atom. The number of nitrogens with zero attached hydrogens (tertiary/aromatic N) is 4. The summed E-state index contributed by atoms with van der Waals surface area (Å²) in [5, 5.41) is 12.1. The van der Waals surface area contributed by atoms with Gasteiger partial charge in [0.1, 0.15) is 11.4 Å². The van der Waals surface area contributed by atoms with E-state index in [0.29, 0.717) is 23.9 Å². The predicted octanol–water partition coefficient (Wildman–Crippen LogP) is 3.11. The average molecular weight is 424 g/mol. The van der Waals surface area contributed by atoms with E-state index in [1.807, 2.05) is 35.1 Å². The van der Waals surface area contributed by atoms with Crippen molar-refractivity contribution in [2.45, 2.75) is 63.6 Å². The highest BCUT2D eigenvalue weighted by molar-refractivity contribution is 5.79. The zero-order valence-corrected chi connectivity index (χ0v) is 18.4. The largest absolute Gasteiger partial charge is 0.497 e. The lowest BCUT2D eigenvalue weighted by Gasteiger charge is -2.49. The van der Waals surface area contributed by atoms with Crippen LogP contribution in [0.3, 0.4) is 0 Å². The van der Waals surface area contributed by atoms with E-state index in [1.165, 1.54) is 19.3 Å². The molecule has 3 saturated heterocycles. The quantitative estimate of drug-likeness (QED) is 0.773. The van der Waals surface area contributed by atoms with Gasteiger partial charge in [-0.25, -0.2) is 0 Å². The van der Waals surface area contributed by atoms with Crippen molar-refractivity contribution < 1.29 is 9.53 Å². The molecule has 0 spiro atoms. The van der Waals surface area contributed by atoms with Gasteiger partial charge in [0.2, 0.25) is 5.91 Å². The van der Waals surface area contributed by atoms with Crippen LogP contribution in [0.4, 0.5) is 0 Å². The summed E-state index contributed by atoms with van der Waals surface area (Å²) in [5.41, 5.74) is 1.92. The first-order valence-corrected chi connectivity index (χ1v) is 11.8. The van der Waals surface area contributed by atoms with Crippen LogP contribution in [0, 0.1) is 11.8 Å². The maximum Gasteiger partial charge on any atom is 0.224 e. The topological polar surface area (TPSA) is 72.3 Å². The fraction of sp³-hybridized carbons (Fsp3) is 0.625. The summed E-state index contributed by atoms with van der Waals surface area (Å²) in [6.07, 6.45) is 10.4. The SMILES string of the molecule is COc1ccc(-c2cn(C[C@H]3C[C@H]4CCN3C[C@@H]4C(=O)NC3CCCCC3)nn2)cc1. The van der Waals surface area contributed by atoms with E-state index < -0.39 is 0 Å². The van der Waals surface area contributed by atoms with Gasteiger partial charge in [-0.2, -0.15) is 0 Å². The van der Waals surface area contributed by atoms with Gasteiger partial charge in [0, 0.05) is 24.2 Å². The van der Waals surface area contributed by atoms with Crippen LogP contribution in [-0.2, 0) is 11.3 Å². The van der Waals surface area contributed by atoms with Gasteiger partial charge in [0.15, 0.2) is 0 Å². The molecule has 31 heavy (non-hydrogen) atoms. The summed E-state index contributed by atoms with van der Waals surface area (Å²) < 4.78 is 7.19. The maximum absolute atomic E-state index is 13.0. The van der Waals surface area contributed by atoms with Gasteiger partial charge >= 0.3 is 0 Å². The van der Waals surface area contributed by atoms with Gasteiger partial charge in [0.25, 0.3) is 0 Å². The number of aromatic nitrogens is 3. The fourth-order valence-electron chi connectivity index (χ4n) is 5.68. The molecule has 0 radical (unpaired) electrons. The van der Waals surface area contributed by atoms with E-state index >= 15 is 0 Å². The minimum Gasteiger partial charge on any atom is -0.497 e. The van der Waals surface area contributed by atoms with Gasteiger partial charge < -0.3 is 10.1 Å². The molecule has 1 aromatic heterocycles. The zero-order valence-electron chi connectivity index (χ0n) is 18.4. The average Bonchev–Trinajstić information content (AvgIpc) is 3.28. The van der Waals surface area contributed by atoms with Gasteiger partial charge in [-0.3, -0.25) is 14.4 Å². The third kappa shape index (κ3) is 4.47.